The lowest BCUT2D eigenvalue weighted by atomic mass is 9.97. The van der Waals surface area contributed by atoms with E-state index < -0.39 is 0 Å². The average Bonchev–Trinajstić information content (AvgIpc) is 2.70. The molecule has 1 aliphatic heterocycles. The van der Waals surface area contributed by atoms with Gasteiger partial charge in [-0.25, -0.2) is 0 Å². The number of nitro benzene ring substituents is 1. The average molecular weight is 372 g/mol. The van der Waals surface area contributed by atoms with Crippen LogP contribution in [0.1, 0.15) is 16.7 Å². The fraction of sp³-hybridized carbons (Fsp3) is 0.400. The van der Waals surface area contributed by atoms with Crippen molar-refractivity contribution in [3.05, 3.63) is 57.1 Å². The molecule has 0 aliphatic carbocycles. The van der Waals surface area contributed by atoms with Crippen molar-refractivity contribution in [2.24, 2.45) is 0 Å². The Morgan fingerprint density at radius 1 is 1.07 bits per heavy atom. The van der Waals surface area contributed by atoms with Crippen LogP contribution in [0.15, 0.2) is 30.3 Å². The first-order valence-corrected chi connectivity index (χ1v) is 8.83. The molecule has 7 heteroatoms. The zero-order valence-corrected chi connectivity index (χ0v) is 15.9. The molecule has 0 atom stereocenters. The second-order valence-electron chi connectivity index (χ2n) is 6.48. The van der Waals surface area contributed by atoms with E-state index in [1.165, 1.54) is 5.56 Å². The van der Waals surface area contributed by atoms with Gasteiger partial charge in [0.15, 0.2) is 11.5 Å². The van der Waals surface area contributed by atoms with E-state index in [0.29, 0.717) is 11.5 Å². The Bertz CT molecular complexity index is 820. The monoisotopic (exact) mass is 372 g/mol. The number of ether oxygens (including phenoxy) is 3. The smallest absolute Gasteiger partial charge is 0.269 e. The first kappa shape index (κ1) is 19.0. The molecule has 0 spiro atoms. The van der Waals surface area contributed by atoms with Crippen LogP contribution in [0.2, 0.25) is 0 Å². The minimum Gasteiger partial charge on any atom is -0.493 e. The lowest BCUT2D eigenvalue weighted by molar-refractivity contribution is -0.384. The second kappa shape index (κ2) is 8.26. The zero-order chi connectivity index (χ0) is 19.4. The molecule has 0 unspecified atom stereocenters. The molecule has 7 nitrogen and oxygen atoms in total. The van der Waals surface area contributed by atoms with Gasteiger partial charge in [-0.15, -0.1) is 0 Å². The third-order valence-electron chi connectivity index (χ3n) is 4.97. The summed E-state index contributed by atoms with van der Waals surface area (Å²) < 4.78 is 16.6. The number of hydrogen-bond donors (Lipinski definition) is 0. The van der Waals surface area contributed by atoms with Gasteiger partial charge in [-0.2, -0.15) is 0 Å². The summed E-state index contributed by atoms with van der Waals surface area (Å²) in [5, 5.41) is 10.8. The molecule has 0 saturated carbocycles. The lowest BCUT2D eigenvalue weighted by Crippen LogP contribution is -2.32. The summed E-state index contributed by atoms with van der Waals surface area (Å²) in [6.07, 6.45) is 1.75. The summed E-state index contributed by atoms with van der Waals surface area (Å²) in [6, 6.07) is 8.79. The number of fused-ring (bicyclic) bond motifs is 1. The largest absolute Gasteiger partial charge is 0.493 e. The van der Waals surface area contributed by atoms with E-state index in [4.69, 9.17) is 14.2 Å². The van der Waals surface area contributed by atoms with Crippen LogP contribution in [0.3, 0.4) is 0 Å². The summed E-state index contributed by atoms with van der Waals surface area (Å²) in [5.74, 6) is 2.04. The SMILES string of the molecule is COc1cc2c(c(OC)c1OC)CN(CCc1ccc([N+](=O)[O-])cc1)CC2. The van der Waals surface area contributed by atoms with E-state index >= 15 is 0 Å². The summed E-state index contributed by atoms with van der Waals surface area (Å²) in [7, 11) is 4.89. The molecule has 0 amide bonds. The van der Waals surface area contributed by atoms with Gasteiger partial charge >= 0.3 is 0 Å². The van der Waals surface area contributed by atoms with Crippen LogP contribution >= 0.6 is 0 Å². The van der Waals surface area contributed by atoms with Crippen LogP contribution < -0.4 is 14.2 Å². The van der Waals surface area contributed by atoms with Crippen molar-refractivity contribution in [1.82, 2.24) is 4.90 Å². The van der Waals surface area contributed by atoms with Crippen molar-refractivity contribution in [1.29, 1.82) is 0 Å². The van der Waals surface area contributed by atoms with Crippen LogP contribution in [-0.4, -0.2) is 44.2 Å². The van der Waals surface area contributed by atoms with Crippen molar-refractivity contribution >= 4 is 5.69 Å². The molecule has 144 valence electrons. The van der Waals surface area contributed by atoms with Crippen LogP contribution in [0.5, 0.6) is 17.2 Å². The van der Waals surface area contributed by atoms with Crippen molar-refractivity contribution < 1.29 is 19.1 Å². The van der Waals surface area contributed by atoms with Crippen molar-refractivity contribution in [2.45, 2.75) is 19.4 Å². The normalized spacial score (nSPS) is 13.7. The van der Waals surface area contributed by atoms with Gasteiger partial charge in [0, 0.05) is 37.3 Å². The van der Waals surface area contributed by atoms with Crippen molar-refractivity contribution in [3.63, 3.8) is 0 Å². The van der Waals surface area contributed by atoms with Gasteiger partial charge in [0.1, 0.15) is 0 Å². The molecule has 0 fully saturated rings. The van der Waals surface area contributed by atoms with E-state index in [2.05, 4.69) is 4.90 Å². The molecular formula is C20H24N2O5. The topological polar surface area (TPSA) is 74.1 Å². The fourth-order valence-corrected chi connectivity index (χ4v) is 3.51. The van der Waals surface area contributed by atoms with Gasteiger partial charge < -0.3 is 14.2 Å². The molecule has 2 aromatic rings. The Morgan fingerprint density at radius 3 is 2.37 bits per heavy atom. The van der Waals surface area contributed by atoms with Crippen molar-refractivity contribution in [3.8, 4) is 17.2 Å². The maximum absolute atomic E-state index is 10.8. The Balaban J connectivity index is 1.73. The maximum atomic E-state index is 10.8. The molecule has 1 heterocycles. The van der Waals surface area contributed by atoms with Crippen LogP contribution in [-0.2, 0) is 19.4 Å². The summed E-state index contributed by atoms with van der Waals surface area (Å²) in [6.45, 7) is 2.58. The van der Waals surface area contributed by atoms with Gasteiger partial charge in [0.05, 0.1) is 26.3 Å². The third kappa shape index (κ3) is 3.98. The molecule has 0 radical (unpaired) electrons. The maximum Gasteiger partial charge on any atom is 0.269 e. The fourth-order valence-electron chi connectivity index (χ4n) is 3.51. The highest BCUT2D eigenvalue weighted by Crippen LogP contribution is 2.43. The predicted molar refractivity (Wildman–Crippen MR) is 102 cm³/mol. The summed E-state index contributed by atoms with van der Waals surface area (Å²) >= 11 is 0. The Labute approximate surface area is 158 Å². The lowest BCUT2D eigenvalue weighted by Gasteiger charge is -2.31. The molecule has 1 aliphatic rings. The number of methoxy groups -OCH3 is 3. The molecular weight excluding hydrogens is 348 g/mol. The highest BCUT2D eigenvalue weighted by atomic mass is 16.6. The number of benzene rings is 2. The number of rotatable bonds is 7. The molecule has 0 N–H and O–H groups in total. The quantitative estimate of drug-likeness (QED) is 0.549. The highest BCUT2D eigenvalue weighted by molar-refractivity contribution is 5.59. The number of nitrogens with zero attached hydrogens (tertiary/aromatic N) is 2. The van der Waals surface area contributed by atoms with Crippen LogP contribution in [0.25, 0.3) is 0 Å². The van der Waals surface area contributed by atoms with E-state index in [9.17, 15) is 10.1 Å². The van der Waals surface area contributed by atoms with Gasteiger partial charge in [-0.1, -0.05) is 12.1 Å². The second-order valence-corrected chi connectivity index (χ2v) is 6.48. The predicted octanol–water partition coefficient (Wildman–Crippen LogP) is 3.22. The van der Waals surface area contributed by atoms with E-state index in [1.807, 2.05) is 18.2 Å². The molecule has 27 heavy (non-hydrogen) atoms. The van der Waals surface area contributed by atoms with Crippen molar-refractivity contribution in [2.75, 3.05) is 34.4 Å². The Hall–Kier alpha value is -2.80. The zero-order valence-electron chi connectivity index (χ0n) is 15.9. The molecule has 2 aromatic carbocycles. The van der Waals surface area contributed by atoms with Gasteiger partial charge in [0.25, 0.3) is 5.69 Å². The highest BCUT2D eigenvalue weighted by Gasteiger charge is 2.25. The molecule has 0 aromatic heterocycles. The number of nitro groups is 1. The molecule has 0 bridgehead atoms. The number of non-ortho nitro benzene ring substituents is 1. The van der Waals surface area contributed by atoms with E-state index in [1.54, 1.807) is 33.5 Å². The van der Waals surface area contributed by atoms with E-state index in [-0.39, 0.29) is 10.6 Å². The minimum atomic E-state index is -0.376. The first-order valence-electron chi connectivity index (χ1n) is 8.83. The Kier molecular flexibility index (Phi) is 5.81. The van der Waals surface area contributed by atoms with Crippen LogP contribution in [0, 0.1) is 10.1 Å². The standard InChI is InChI=1S/C20H24N2O5/c1-25-18-12-15-9-11-21(13-17(15)19(26-2)20(18)27-3)10-8-14-4-6-16(7-5-14)22(23)24/h4-7,12H,8-11,13H2,1-3H3. The Morgan fingerprint density at radius 2 is 1.78 bits per heavy atom. The molecule has 0 saturated heterocycles. The molecule has 3 rings (SSSR count). The van der Waals surface area contributed by atoms with Crippen LogP contribution in [0.4, 0.5) is 5.69 Å². The summed E-state index contributed by atoms with van der Waals surface area (Å²) in [4.78, 5) is 12.7. The van der Waals surface area contributed by atoms with Gasteiger partial charge in [-0.3, -0.25) is 15.0 Å². The number of hydrogen-bond acceptors (Lipinski definition) is 6. The summed E-state index contributed by atoms with van der Waals surface area (Å²) in [5.41, 5.74) is 3.56. The van der Waals surface area contributed by atoms with Gasteiger partial charge in [-0.05, 0) is 30.0 Å². The van der Waals surface area contributed by atoms with Gasteiger partial charge in [0.2, 0.25) is 5.75 Å². The van der Waals surface area contributed by atoms with E-state index in [0.717, 1.165) is 49.4 Å². The minimum absolute atomic E-state index is 0.122. The third-order valence-corrected chi connectivity index (χ3v) is 4.97. The first-order chi connectivity index (χ1) is 13.1.